The molecule has 2 fully saturated rings. The van der Waals surface area contributed by atoms with Gasteiger partial charge in [0.15, 0.2) is 0 Å². The molecule has 22 heavy (non-hydrogen) atoms. The van der Waals surface area contributed by atoms with Crippen LogP contribution in [0.2, 0.25) is 0 Å². The number of rotatable bonds is 3. The fourth-order valence-electron chi connectivity index (χ4n) is 3.68. The average molecular weight is 297 g/mol. The molecule has 0 spiro atoms. The summed E-state index contributed by atoms with van der Waals surface area (Å²) in [6.07, 6.45) is 4.78. The highest BCUT2D eigenvalue weighted by molar-refractivity contribution is 5.96. The van der Waals surface area contributed by atoms with Crippen LogP contribution in [0.3, 0.4) is 0 Å². The minimum Gasteiger partial charge on any atom is -0.334 e. The first-order valence-corrected chi connectivity index (χ1v) is 8.23. The molecule has 2 aliphatic rings. The second kappa shape index (κ2) is 6.50. The van der Waals surface area contributed by atoms with Crippen LogP contribution in [-0.2, 0) is 0 Å². The largest absolute Gasteiger partial charge is 0.334 e. The number of nitriles is 1. The number of hydrogen-bond acceptors (Lipinski definition) is 3. The second-order valence-corrected chi connectivity index (χ2v) is 6.44. The minimum atomic E-state index is 0.128. The molecule has 2 heterocycles. The number of carbonyl (C=O) groups excluding carboxylic acids is 1. The molecule has 2 aliphatic heterocycles. The summed E-state index contributed by atoms with van der Waals surface area (Å²) in [6.45, 7) is 6.14. The van der Waals surface area contributed by atoms with E-state index in [0.717, 1.165) is 37.1 Å². The van der Waals surface area contributed by atoms with Crippen molar-refractivity contribution in [3.8, 4) is 6.07 Å². The van der Waals surface area contributed by atoms with Crippen molar-refractivity contribution in [2.24, 2.45) is 0 Å². The molecule has 1 unspecified atom stereocenters. The Morgan fingerprint density at radius 3 is 2.73 bits per heavy atom. The van der Waals surface area contributed by atoms with Crippen LogP contribution in [0.4, 0.5) is 0 Å². The van der Waals surface area contributed by atoms with Crippen molar-refractivity contribution in [1.82, 2.24) is 9.80 Å². The van der Waals surface area contributed by atoms with Gasteiger partial charge in [-0.1, -0.05) is 0 Å². The molecule has 3 rings (SSSR count). The van der Waals surface area contributed by atoms with Crippen molar-refractivity contribution in [2.45, 2.75) is 38.6 Å². The Balaban J connectivity index is 1.74. The molecule has 1 amide bonds. The number of aryl methyl sites for hydroxylation is 1. The third-order valence-corrected chi connectivity index (χ3v) is 4.89. The van der Waals surface area contributed by atoms with Crippen LogP contribution in [0.1, 0.15) is 47.2 Å². The molecule has 0 aliphatic carbocycles. The third kappa shape index (κ3) is 3.00. The number of nitrogens with zero attached hydrogens (tertiary/aromatic N) is 3. The van der Waals surface area contributed by atoms with Gasteiger partial charge in [0.25, 0.3) is 5.91 Å². The normalized spacial score (nSPS) is 22.0. The lowest BCUT2D eigenvalue weighted by atomic mass is 10.0. The third-order valence-electron chi connectivity index (χ3n) is 4.89. The van der Waals surface area contributed by atoms with Gasteiger partial charge >= 0.3 is 0 Å². The van der Waals surface area contributed by atoms with Crippen LogP contribution in [0.25, 0.3) is 0 Å². The smallest absolute Gasteiger partial charge is 0.254 e. The molecule has 0 bridgehead atoms. The highest BCUT2D eigenvalue weighted by Gasteiger charge is 2.31. The summed E-state index contributed by atoms with van der Waals surface area (Å²) in [5.74, 6) is 0.128. The summed E-state index contributed by atoms with van der Waals surface area (Å²) in [7, 11) is 0. The summed E-state index contributed by atoms with van der Waals surface area (Å²) in [5, 5.41) is 8.95. The van der Waals surface area contributed by atoms with Gasteiger partial charge in [-0.05, 0) is 69.5 Å². The van der Waals surface area contributed by atoms with E-state index in [9.17, 15) is 4.79 Å². The Labute approximate surface area is 132 Å². The van der Waals surface area contributed by atoms with Crippen LogP contribution in [0.15, 0.2) is 18.2 Å². The van der Waals surface area contributed by atoms with Gasteiger partial charge in [-0.15, -0.1) is 0 Å². The predicted molar refractivity (Wildman–Crippen MR) is 85.6 cm³/mol. The first kappa shape index (κ1) is 15.1. The molecule has 4 nitrogen and oxygen atoms in total. The van der Waals surface area contributed by atoms with Crippen LogP contribution in [0, 0.1) is 18.3 Å². The van der Waals surface area contributed by atoms with Gasteiger partial charge in [-0.2, -0.15) is 5.26 Å². The molecule has 1 atom stereocenters. The summed E-state index contributed by atoms with van der Waals surface area (Å²) >= 11 is 0. The van der Waals surface area contributed by atoms with Gasteiger partial charge in [0.1, 0.15) is 0 Å². The van der Waals surface area contributed by atoms with E-state index in [0.29, 0.717) is 11.6 Å². The maximum Gasteiger partial charge on any atom is 0.254 e. The van der Waals surface area contributed by atoms with Crippen molar-refractivity contribution < 1.29 is 4.79 Å². The predicted octanol–water partition coefficient (Wildman–Crippen LogP) is 2.57. The lowest BCUT2D eigenvalue weighted by Gasteiger charge is -2.29. The molecule has 2 saturated heterocycles. The van der Waals surface area contributed by atoms with Crippen molar-refractivity contribution in [3.05, 3.63) is 34.9 Å². The van der Waals surface area contributed by atoms with Crippen molar-refractivity contribution >= 4 is 5.91 Å². The zero-order chi connectivity index (χ0) is 15.5. The van der Waals surface area contributed by atoms with Crippen molar-refractivity contribution in [1.29, 1.82) is 5.26 Å². The van der Waals surface area contributed by atoms with E-state index in [1.807, 2.05) is 11.8 Å². The highest BCUT2D eigenvalue weighted by atomic mass is 16.2. The van der Waals surface area contributed by atoms with Gasteiger partial charge < -0.3 is 9.80 Å². The molecule has 4 heteroatoms. The Morgan fingerprint density at radius 2 is 2.05 bits per heavy atom. The Hall–Kier alpha value is -1.86. The quantitative estimate of drug-likeness (QED) is 0.861. The lowest BCUT2D eigenvalue weighted by molar-refractivity contribution is 0.0708. The summed E-state index contributed by atoms with van der Waals surface area (Å²) in [4.78, 5) is 17.4. The maximum absolute atomic E-state index is 12.9. The van der Waals surface area contributed by atoms with E-state index < -0.39 is 0 Å². The van der Waals surface area contributed by atoms with Gasteiger partial charge in [-0.25, -0.2) is 0 Å². The number of carbonyl (C=O) groups is 1. The van der Waals surface area contributed by atoms with Gasteiger partial charge in [0.2, 0.25) is 0 Å². The molecule has 0 radical (unpaired) electrons. The monoisotopic (exact) mass is 297 g/mol. The molecule has 1 aromatic rings. The van der Waals surface area contributed by atoms with Gasteiger partial charge in [-0.3, -0.25) is 4.79 Å². The van der Waals surface area contributed by atoms with E-state index in [-0.39, 0.29) is 5.91 Å². The van der Waals surface area contributed by atoms with Crippen LogP contribution >= 0.6 is 0 Å². The number of amides is 1. The fourth-order valence-corrected chi connectivity index (χ4v) is 3.68. The van der Waals surface area contributed by atoms with Crippen LogP contribution < -0.4 is 0 Å². The zero-order valence-corrected chi connectivity index (χ0v) is 13.2. The van der Waals surface area contributed by atoms with E-state index >= 15 is 0 Å². The molecule has 0 aromatic heterocycles. The van der Waals surface area contributed by atoms with E-state index in [1.165, 1.54) is 25.9 Å². The second-order valence-electron chi connectivity index (χ2n) is 6.44. The number of hydrogen-bond donors (Lipinski definition) is 0. The molecular formula is C18H23N3O. The molecule has 0 saturated carbocycles. The van der Waals surface area contributed by atoms with Gasteiger partial charge in [0.05, 0.1) is 11.6 Å². The molecule has 1 aromatic carbocycles. The summed E-state index contributed by atoms with van der Waals surface area (Å²) in [5.41, 5.74) is 2.26. The Kier molecular flexibility index (Phi) is 4.44. The van der Waals surface area contributed by atoms with Crippen molar-refractivity contribution in [2.75, 3.05) is 26.2 Å². The van der Waals surface area contributed by atoms with Gasteiger partial charge in [0, 0.05) is 24.7 Å². The average Bonchev–Trinajstić information content (AvgIpc) is 3.18. The standard InChI is InChI=1S/C18H23N3O/c1-14-11-15(12-19)6-7-17(14)18(22)21-10-4-5-16(21)13-20-8-2-3-9-20/h6-7,11,16H,2-5,8-10,13H2,1H3. The number of likely N-dealkylation sites (tertiary alicyclic amines) is 2. The van der Waals surface area contributed by atoms with Crippen molar-refractivity contribution in [3.63, 3.8) is 0 Å². The Bertz CT molecular complexity index is 599. The topological polar surface area (TPSA) is 47.3 Å². The van der Waals surface area contributed by atoms with E-state index in [2.05, 4.69) is 11.0 Å². The first-order chi connectivity index (χ1) is 10.7. The number of benzene rings is 1. The lowest BCUT2D eigenvalue weighted by Crippen LogP contribution is -2.42. The van der Waals surface area contributed by atoms with E-state index in [4.69, 9.17) is 5.26 Å². The minimum absolute atomic E-state index is 0.128. The molecule has 116 valence electrons. The first-order valence-electron chi connectivity index (χ1n) is 8.23. The molecule has 0 N–H and O–H groups in total. The zero-order valence-electron chi connectivity index (χ0n) is 13.2. The van der Waals surface area contributed by atoms with E-state index in [1.54, 1.807) is 18.2 Å². The summed E-state index contributed by atoms with van der Waals surface area (Å²) < 4.78 is 0. The Morgan fingerprint density at radius 1 is 1.27 bits per heavy atom. The highest BCUT2D eigenvalue weighted by Crippen LogP contribution is 2.24. The van der Waals surface area contributed by atoms with Crippen LogP contribution in [0.5, 0.6) is 0 Å². The van der Waals surface area contributed by atoms with Crippen LogP contribution in [-0.4, -0.2) is 47.9 Å². The fraction of sp³-hybridized carbons (Fsp3) is 0.556. The maximum atomic E-state index is 12.9. The summed E-state index contributed by atoms with van der Waals surface area (Å²) in [6, 6.07) is 7.83. The SMILES string of the molecule is Cc1cc(C#N)ccc1C(=O)N1CCCC1CN1CCCC1. The molecular weight excluding hydrogens is 274 g/mol.